The molecule has 0 radical (unpaired) electrons. The molecule has 106 valence electrons. The van der Waals surface area contributed by atoms with Gasteiger partial charge in [-0.3, -0.25) is 0 Å². The van der Waals surface area contributed by atoms with E-state index in [9.17, 15) is 15.3 Å². The van der Waals surface area contributed by atoms with E-state index >= 15 is 0 Å². The summed E-state index contributed by atoms with van der Waals surface area (Å²) in [5.41, 5.74) is 1.01. The van der Waals surface area contributed by atoms with Gasteiger partial charge in [-0.25, -0.2) is 0 Å². The third-order valence-electron chi connectivity index (χ3n) is 3.72. The maximum absolute atomic E-state index is 9.87. The van der Waals surface area contributed by atoms with Crippen molar-refractivity contribution in [1.82, 2.24) is 10.6 Å². The largest absolute Gasteiger partial charge is 0.394 e. The van der Waals surface area contributed by atoms with Gasteiger partial charge in [-0.15, -0.1) is 0 Å². The van der Waals surface area contributed by atoms with Gasteiger partial charge in [0.15, 0.2) is 0 Å². The summed E-state index contributed by atoms with van der Waals surface area (Å²) in [6.45, 7) is 2.32. The molecule has 0 aliphatic carbocycles. The van der Waals surface area contributed by atoms with Gasteiger partial charge in [0.2, 0.25) is 0 Å². The monoisotopic (exact) mass is 266 g/mol. The van der Waals surface area contributed by atoms with Crippen LogP contribution in [-0.4, -0.2) is 52.8 Å². The quantitative estimate of drug-likeness (QED) is 0.491. The Morgan fingerprint density at radius 2 is 1.89 bits per heavy atom. The van der Waals surface area contributed by atoms with Crippen molar-refractivity contribution in [3.63, 3.8) is 0 Å². The highest BCUT2D eigenvalue weighted by atomic mass is 16.3. The highest BCUT2D eigenvalue weighted by molar-refractivity contribution is 5.19. The van der Waals surface area contributed by atoms with E-state index in [1.54, 1.807) is 0 Å². The van der Waals surface area contributed by atoms with E-state index in [1.165, 1.54) is 0 Å². The third-order valence-corrected chi connectivity index (χ3v) is 3.72. The van der Waals surface area contributed by atoms with Crippen LogP contribution < -0.4 is 10.6 Å². The first-order chi connectivity index (χ1) is 9.13. The van der Waals surface area contributed by atoms with Crippen molar-refractivity contribution in [1.29, 1.82) is 0 Å². The molecule has 2 rings (SSSR count). The van der Waals surface area contributed by atoms with E-state index in [2.05, 4.69) is 10.6 Å². The Morgan fingerprint density at radius 1 is 1.21 bits per heavy atom. The van der Waals surface area contributed by atoms with E-state index < -0.39 is 12.2 Å². The lowest BCUT2D eigenvalue weighted by atomic mass is 10.1. The van der Waals surface area contributed by atoms with Gasteiger partial charge in [0.05, 0.1) is 24.9 Å². The highest BCUT2D eigenvalue weighted by Crippen LogP contribution is 2.16. The Balaban J connectivity index is 1.91. The van der Waals surface area contributed by atoms with Crippen LogP contribution in [0.3, 0.4) is 0 Å². The van der Waals surface area contributed by atoms with Crippen molar-refractivity contribution in [2.24, 2.45) is 0 Å². The fraction of sp³-hybridized carbons (Fsp3) is 0.571. The number of hydrogen-bond donors (Lipinski definition) is 5. The first-order valence-electron chi connectivity index (χ1n) is 6.65. The molecule has 0 bridgehead atoms. The van der Waals surface area contributed by atoms with Gasteiger partial charge in [0.1, 0.15) is 0 Å². The number of rotatable bonds is 5. The molecular formula is C14H22N2O3. The second kappa shape index (κ2) is 6.45. The molecule has 1 heterocycles. The zero-order valence-corrected chi connectivity index (χ0v) is 11.0. The topological polar surface area (TPSA) is 84.8 Å². The molecule has 1 fully saturated rings. The SMILES string of the molecule is C[C@H]1N[C@H](CN[C@@H](CO)c2ccccc2)[C@@H](O)[C@H]1O. The summed E-state index contributed by atoms with van der Waals surface area (Å²) in [5, 5.41) is 35.3. The molecule has 1 aromatic carbocycles. The lowest BCUT2D eigenvalue weighted by molar-refractivity contribution is 0.0297. The van der Waals surface area contributed by atoms with E-state index in [0.29, 0.717) is 6.54 Å². The molecule has 1 saturated heterocycles. The van der Waals surface area contributed by atoms with Gasteiger partial charge >= 0.3 is 0 Å². The summed E-state index contributed by atoms with van der Waals surface area (Å²) < 4.78 is 0. The van der Waals surface area contributed by atoms with Crippen LogP contribution in [0.25, 0.3) is 0 Å². The number of nitrogens with one attached hydrogen (secondary N) is 2. The average molecular weight is 266 g/mol. The molecule has 5 heteroatoms. The fourth-order valence-corrected chi connectivity index (χ4v) is 2.49. The first kappa shape index (κ1) is 14.4. The zero-order chi connectivity index (χ0) is 13.8. The van der Waals surface area contributed by atoms with Crippen LogP contribution in [0.15, 0.2) is 30.3 Å². The van der Waals surface area contributed by atoms with Crippen LogP contribution in [0, 0.1) is 0 Å². The number of aliphatic hydroxyl groups is 3. The van der Waals surface area contributed by atoms with E-state index in [4.69, 9.17) is 0 Å². The molecular weight excluding hydrogens is 244 g/mol. The molecule has 5 atom stereocenters. The van der Waals surface area contributed by atoms with Crippen molar-refractivity contribution < 1.29 is 15.3 Å². The number of aliphatic hydroxyl groups excluding tert-OH is 3. The Hall–Kier alpha value is -0.980. The molecule has 0 unspecified atom stereocenters. The van der Waals surface area contributed by atoms with E-state index in [1.807, 2.05) is 37.3 Å². The molecule has 1 aliphatic rings. The predicted octanol–water partition coefficient (Wildman–Crippen LogP) is -0.608. The standard InChI is InChI=1S/C14H22N2O3/c1-9-13(18)14(19)11(16-9)7-15-12(8-17)10-5-3-2-4-6-10/h2-6,9,11-19H,7-8H2,1H3/t9-,11-,12+,13+,14-/m1/s1. The van der Waals surface area contributed by atoms with Gasteiger partial charge in [-0.1, -0.05) is 30.3 Å². The average Bonchev–Trinajstić information content (AvgIpc) is 2.68. The minimum absolute atomic E-state index is 0.00899. The summed E-state index contributed by atoms with van der Waals surface area (Å²) in [6.07, 6.45) is -1.52. The normalized spacial score (nSPS) is 32.4. The first-order valence-corrected chi connectivity index (χ1v) is 6.65. The molecule has 1 aliphatic heterocycles. The van der Waals surface area contributed by atoms with Crippen molar-refractivity contribution >= 4 is 0 Å². The molecule has 5 N–H and O–H groups in total. The third kappa shape index (κ3) is 3.32. The molecule has 5 nitrogen and oxygen atoms in total. The molecule has 0 aromatic heterocycles. The van der Waals surface area contributed by atoms with Crippen LogP contribution in [0.2, 0.25) is 0 Å². The van der Waals surface area contributed by atoms with Gasteiger partial charge in [0.25, 0.3) is 0 Å². The van der Waals surface area contributed by atoms with Crippen LogP contribution in [0.5, 0.6) is 0 Å². The van der Waals surface area contributed by atoms with Crippen LogP contribution >= 0.6 is 0 Å². The van der Waals surface area contributed by atoms with E-state index in [-0.39, 0.29) is 24.7 Å². The van der Waals surface area contributed by atoms with Gasteiger partial charge in [0, 0.05) is 18.6 Å². The summed E-state index contributed by atoms with van der Waals surface area (Å²) in [5.74, 6) is 0. The van der Waals surface area contributed by atoms with Crippen molar-refractivity contribution in [2.75, 3.05) is 13.2 Å². The van der Waals surface area contributed by atoms with Gasteiger partial charge < -0.3 is 26.0 Å². The summed E-state index contributed by atoms with van der Waals surface area (Å²) in [6, 6.07) is 9.19. The van der Waals surface area contributed by atoms with Crippen LogP contribution in [-0.2, 0) is 0 Å². The molecule has 1 aromatic rings. The van der Waals surface area contributed by atoms with Crippen LogP contribution in [0.1, 0.15) is 18.5 Å². The van der Waals surface area contributed by atoms with Crippen molar-refractivity contribution in [3.05, 3.63) is 35.9 Å². The Kier molecular flexibility index (Phi) is 4.90. The Labute approximate surface area is 113 Å². The minimum atomic E-state index is -0.780. The Bertz CT molecular complexity index is 388. The molecule has 0 amide bonds. The summed E-state index contributed by atoms with van der Waals surface area (Å²) in [4.78, 5) is 0. The van der Waals surface area contributed by atoms with E-state index in [0.717, 1.165) is 5.56 Å². The highest BCUT2D eigenvalue weighted by Gasteiger charge is 2.38. The second-order valence-electron chi connectivity index (χ2n) is 5.10. The predicted molar refractivity (Wildman–Crippen MR) is 72.7 cm³/mol. The molecule has 19 heavy (non-hydrogen) atoms. The second-order valence-corrected chi connectivity index (χ2v) is 5.10. The maximum atomic E-state index is 9.87. The number of hydrogen-bond acceptors (Lipinski definition) is 5. The smallest absolute Gasteiger partial charge is 0.0979 e. The minimum Gasteiger partial charge on any atom is -0.394 e. The lowest BCUT2D eigenvalue weighted by Crippen LogP contribution is -2.43. The van der Waals surface area contributed by atoms with Crippen molar-refractivity contribution in [3.8, 4) is 0 Å². The fourth-order valence-electron chi connectivity index (χ4n) is 2.49. The zero-order valence-electron chi connectivity index (χ0n) is 11.0. The molecule has 0 spiro atoms. The maximum Gasteiger partial charge on any atom is 0.0979 e. The summed E-state index contributed by atoms with van der Waals surface area (Å²) >= 11 is 0. The lowest BCUT2D eigenvalue weighted by Gasteiger charge is -2.21. The van der Waals surface area contributed by atoms with Gasteiger partial charge in [-0.2, -0.15) is 0 Å². The Morgan fingerprint density at radius 3 is 2.42 bits per heavy atom. The number of benzene rings is 1. The molecule has 0 saturated carbocycles. The van der Waals surface area contributed by atoms with Gasteiger partial charge in [-0.05, 0) is 12.5 Å². The van der Waals surface area contributed by atoms with Crippen LogP contribution in [0.4, 0.5) is 0 Å². The van der Waals surface area contributed by atoms with Crippen molar-refractivity contribution in [2.45, 2.75) is 37.3 Å². The summed E-state index contributed by atoms with van der Waals surface area (Å²) in [7, 11) is 0.